The molecule has 6 spiro atoms. The van der Waals surface area contributed by atoms with E-state index < -0.39 is 0 Å². The number of halogens is 2. The highest BCUT2D eigenvalue weighted by molar-refractivity contribution is 5.85. The minimum atomic E-state index is -0.294. The predicted octanol–water partition coefficient (Wildman–Crippen LogP) is 19.5. The zero-order chi connectivity index (χ0) is 68.5. The van der Waals surface area contributed by atoms with E-state index in [1.165, 1.54) is 121 Å². The number of benzene rings is 3. The minimum absolute atomic E-state index is 0.129. The van der Waals surface area contributed by atoms with Gasteiger partial charge in [0.05, 0.1) is 33.6 Å². The molecule has 9 aliphatic carbocycles. The van der Waals surface area contributed by atoms with Crippen molar-refractivity contribution in [1.29, 1.82) is 0 Å². The molecular formula is C90H103F2N5O4. The first-order chi connectivity index (χ1) is 49.0. The van der Waals surface area contributed by atoms with Crippen molar-refractivity contribution in [3.63, 3.8) is 0 Å². The van der Waals surface area contributed by atoms with Crippen molar-refractivity contribution in [1.82, 2.24) is 24.8 Å². The van der Waals surface area contributed by atoms with Crippen LogP contribution in [0, 0.1) is 34.0 Å². The van der Waals surface area contributed by atoms with Gasteiger partial charge in [-0.3, -0.25) is 19.7 Å². The van der Waals surface area contributed by atoms with Gasteiger partial charge in [-0.1, -0.05) is 93.6 Å². The number of ether oxygens (including phenoxy) is 3. The number of fused-ring (bicyclic) bond motifs is 6. The first kappa shape index (κ1) is 65.4. The molecule has 101 heavy (non-hydrogen) atoms. The molecule has 0 unspecified atom stereocenters. The summed E-state index contributed by atoms with van der Waals surface area (Å²) >= 11 is 0. The van der Waals surface area contributed by atoms with Crippen LogP contribution in [0.5, 0.6) is 0 Å². The van der Waals surface area contributed by atoms with Gasteiger partial charge in [0, 0.05) is 91.4 Å². The van der Waals surface area contributed by atoms with E-state index in [2.05, 4.69) is 169 Å². The van der Waals surface area contributed by atoms with E-state index in [9.17, 15) is 13.6 Å². The number of carbonyl (C=O) groups is 1. The van der Waals surface area contributed by atoms with Gasteiger partial charge in [-0.25, -0.2) is 8.78 Å². The number of rotatable bonds is 9. The topological polar surface area (TPSA) is 89.9 Å². The Kier molecular flexibility index (Phi) is 15.4. The van der Waals surface area contributed by atoms with Crippen molar-refractivity contribution in [3.05, 3.63) is 197 Å². The quantitative estimate of drug-likeness (QED) is 0.140. The van der Waals surface area contributed by atoms with Crippen LogP contribution in [-0.2, 0) is 19.0 Å². The number of alkyl halides is 2. The molecule has 0 N–H and O–H groups in total. The van der Waals surface area contributed by atoms with Crippen LogP contribution in [0.3, 0.4) is 0 Å². The molecule has 15 aliphatic rings. The lowest BCUT2D eigenvalue weighted by Crippen LogP contribution is -2.55. The summed E-state index contributed by atoms with van der Waals surface area (Å²) in [5.74, 6) is 3.62. The van der Waals surface area contributed by atoms with Crippen molar-refractivity contribution in [3.8, 4) is 0 Å². The second-order valence-corrected chi connectivity index (χ2v) is 35.4. The van der Waals surface area contributed by atoms with Crippen molar-refractivity contribution >= 4 is 38.1 Å². The van der Waals surface area contributed by atoms with Gasteiger partial charge in [-0.2, -0.15) is 0 Å². The molecule has 0 amide bonds. The summed E-state index contributed by atoms with van der Waals surface area (Å²) in [6.45, 7) is 8.10. The molecule has 6 saturated carbocycles. The first-order valence-corrected chi connectivity index (χ1v) is 39.4. The average molecular weight is 1360 g/mol. The van der Waals surface area contributed by atoms with Crippen molar-refractivity contribution in [2.24, 2.45) is 34.0 Å². The van der Waals surface area contributed by atoms with Crippen molar-refractivity contribution in [2.45, 2.75) is 238 Å². The molecule has 21 rings (SSSR count). The predicted molar refractivity (Wildman–Crippen MR) is 397 cm³/mol. The minimum Gasteiger partial charge on any atom is -0.359 e. The summed E-state index contributed by atoms with van der Waals surface area (Å²) in [5, 5.41) is 7.52. The standard InChI is InChI=1S/2C31H37FN2O.C28H29NO2/c2*1-29-11-9-25-18-24-5-6-26(34(2)16-14-32)19-30(24)12-13-31(25,35-30)28(29)8-7-27(29)22-4-3-21-10-15-33-20-23(21)17-22;1-26-10-8-22-15-21-4-5-23(30)16-27(21)11-12-28(22,31-27)25(26)7-6-24(26)19-3-2-18-9-13-29-17-20(18)14-19/h2*3-4,9-10,15,17-18,20,26-28H,5-8,11-14,16,19H2,1-2H3;2-3,8-9,13-15,17,24-25H,4-7,10-12,16H2,1H3/t26-,27+,28+,29+,30+,31+;26-,27-,28-,29-,30-,31-;24-,25-,26-,27-,28-/m011/s1. The van der Waals surface area contributed by atoms with Gasteiger partial charge >= 0.3 is 0 Å². The maximum absolute atomic E-state index is 13.1. The fourth-order valence-electron chi connectivity index (χ4n) is 26.0. The Balaban J connectivity index is 0.000000105. The van der Waals surface area contributed by atoms with Crippen LogP contribution in [0.1, 0.15) is 209 Å². The monoisotopic (exact) mass is 1360 g/mol. The van der Waals surface area contributed by atoms with Crippen LogP contribution < -0.4 is 0 Å². The molecule has 6 bridgehead atoms. The smallest absolute Gasteiger partial charge is 0.136 e. The second kappa shape index (κ2) is 23.8. The molecule has 526 valence electrons. The molecule has 11 heteroatoms. The summed E-state index contributed by atoms with van der Waals surface area (Å²) in [5.41, 5.74) is 12.8. The van der Waals surface area contributed by atoms with Crippen LogP contribution in [0.15, 0.2) is 180 Å². The van der Waals surface area contributed by atoms with Gasteiger partial charge in [0.25, 0.3) is 0 Å². The normalized spacial score (nSPS) is 40.0. The number of hydrogen-bond donors (Lipinski definition) is 0. The lowest BCUT2D eigenvalue weighted by atomic mass is 9.58. The highest BCUT2D eigenvalue weighted by Crippen LogP contribution is 2.73. The van der Waals surface area contributed by atoms with E-state index in [1.54, 1.807) is 0 Å². The highest BCUT2D eigenvalue weighted by atomic mass is 19.1. The molecule has 0 radical (unpaired) electrons. The Morgan fingerprint density at radius 3 is 1.19 bits per heavy atom. The van der Waals surface area contributed by atoms with E-state index in [0.29, 0.717) is 79.3 Å². The Morgan fingerprint density at radius 1 is 0.436 bits per heavy atom. The molecule has 6 aromatic rings. The number of nitrogens with zero attached hydrogens (tertiary/aromatic N) is 5. The molecular weight excluding hydrogens is 1250 g/mol. The molecule has 3 aromatic heterocycles. The lowest BCUT2D eigenvalue weighted by molar-refractivity contribution is -0.146. The molecule has 17 atom stereocenters. The van der Waals surface area contributed by atoms with E-state index >= 15 is 0 Å². The Hall–Kier alpha value is -6.34. The number of pyridine rings is 3. The number of hydrogen-bond acceptors (Lipinski definition) is 9. The molecule has 9 heterocycles. The number of allylic oxidation sites excluding steroid dienone is 3. The maximum Gasteiger partial charge on any atom is 0.136 e. The third-order valence-corrected chi connectivity index (χ3v) is 31.1. The third-order valence-electron chi connectivity index (χ3n) is 31.1. The fraction of sp³-hybridized carbons (Fsp3) is 0.556. The molecule has 3 saturated heterocycles. The van der Waals surface area contributed by atoms with Gasteiger partial charge in [-0.05, 0) is 310 Å². The zero-order valence-electron chi connectivity index (χ0n) is 60.4. The maximum atomic E-state index is 13.1. The van der Waals surface area contributed by atoms with E-state index in [0.717, 1.165) is 103 Å². The molecule has 3 aromatic carbocycles. The second-order valence-electron chi connectivity index (χ2n) is 35.4. The Bertz CT molecular complexity index is 4380. The van der Waals surface area contributed by atoms with Crippen molar-refractivity contribution in [2.75, 3.05) is 40.5 Å². The summed E-state index contributed by atoms with van der Waals surface area (Å²) < 4.78 is 48.1. The first-order valence-electron chi connectivity index (χ1n) is 39.4. The van der Waals surface area contributed by atoms with Gasteiger partial charge in [0.2, 0.25) is 0 Å². The number of carbonyl (C=O) groups excluding carboxylic acids is 1. The lowest BCUT2D eigenvalue weighted by Gasteiger charge is -2.55. The van der Waals surface area contributed by atoms with Crippen LogP contribution >= 0.6 is 0 Å². The largest absolute Gasteiger partial charge is 0.359 e. The van der Waals surface area contributed by atoms with Gasteiger partial charge in [0.1, 0.15) is 19.1 Å². The Morgan fingerprint density at radius 2 is 0.802 bits per heavy atom. The third kappa shape index (κ3) is 9.78. The van der Waals surface area contributed by atoms with Gasteiger partial charge in [0.15, 0.2) is 0 Å². The van der Waals surface area contributed by atoms with Gasteiger partial charge in [-0.15, -0.1) is 0 Å². The van der Waals surface area contributed by atoms with Crippen molar-refractivity contribution < 1.29 is 27.8 Å². The zero-order valence-corrected chi connectivity index (χ0v) is 60.4. The number of aromatic nitrogens is 3. The molecule has 6 aliphatic heterocycles. The van der Waals surface area contributed by atoms with Crippen LogP contribution in [0.2, 0.25) is 0 Å². The molecule has 9 fully saturated rings. The summed E-state index contributed by atoms with van der Waals surface area (Å²) in [6, 6.07) is 28.2. The number of Topliss-reactive ketones (excluding diaryl/α,β-unsaturated/α-hetero) is 1. The van der Waals surface area contributed by atoms with E-state index in [4.69, 9.17) is 14.2 Å². The summed E-state index contributed by atoms with van der Waals surface area (Å²) in [7, 11) is 4.18. The highest BCUT2D eigenvalue weighted by Gasteiger charge is 2.70. The summed E-state index contributed by atoms with van der Waals surface area (Å²) in [6.07, 6.45) is 52.7. The molecule has 9 nitrogen and oxygen atoms in total. The van der Waals surface area contributed by atoms with E-state index in [-0.39, 0.29) is 63.2 Å². The average Bonchev–Trinajstić information content (AvgIpc) is 1.56. The Labute approximate surface area is 596 Å². The van der Waals surface area contributed by atoms with Crippen LogP contribution in [0.25, 0.3) is 32.3 Å². The van der Waals surface area contributed by atoms with E-state index in [1.807, 2.05) is 37.2 Å². The number of ketones is 1. The van der Waals surface area contributed by atoms with Crippen LogP contribution in [0.4, 0.5) is 8.78 Å². The van der Waals surface area contributed by atoms with Crippen LogP contribution in [-0.4, -0.2) is 117 Å². The SMILES string of the molecule is CN(CCF)[C@@H]1CCC2=CC3=CC[C@]4(C)[C@@H](c5ccc6ccncc6c5)CC[C@H]4[C@@]34CC[C@]2(C1)O4.CN(CCF)[C@H]1CCC2=CC3=CC[C@]4(C)[C@@H](c5ccc6ccncc6c5)CC[C@H]4[C@@]34CC[C@]2(C1)O4.C[C@]12CC=C3C=C4CCC(=O)C[C@]45CC[C@]3(O5)[C@@H]1CC[C@@H]2c1ccc2ccncc2c1. The van der Waals surface area contributed by atoms with Gasteiger partial charge < -0.3 is 24.0 Å². The summed E-state index contributed by atoms with van der Waals surface area (Å²) in [4.78, 5) is 29.9. The fourth-order valence-corrected chi connectivity index (χ4v) is 26.0.